The fourth-order valence-electron chi connectivity index (χ4n) is 4.83. The van der Waals surface area contributed by atoms with Crippen LogP contribution in [0.2, 0.25) is 0 Å². The Morgan fingerprint density at radius 3 is 3.00 bits per heavy atom. The number of rotatable bonds is 1. The molecular formula is C19H20N2O2. The molecule has 0 aliphatic carbocycles. The fourth-order valence-corrected chi connectivity index (χ4v) is 4.83. The first kappa shape index (κ1) is 13.4. The van der Waals surface area contributed by atoms with Crippen LogP contribution in [0.5, 0.6) is 5.75 Å². The second kappa shape index (κ2) is 4.48. The summed E-state index contributed by atoms with van der Waals surface area (Å²) in [7, 11) is 1.70. The molecule has 3 fully saturated rings. The van der Waals surface area contributed by atoms with Gasteiger partial charge in [0.25, 0.3) is 0 Å². The highest BCUT2D eigenvalue weighted by Gasteiger charge is 2.52. The topological polar surface area (TPSA) is 45.3 Å². The molecule has 4 atom stereocenters. The number of nitrogens with one attached hydrogen (secondary N) is 1. The van der Waals surface area contributed by atoms with Crippen molar-refractivity contribution in [1.82, 2.24) is 9.88 Å². The Bertz CT molecular complexity index is 864. The van der Waals surface area contributed by atoms with Crippen LogP contribution in [0.15, 0.2) is 29.8 Å². The third-order valence-electron chi connectivity index (χ3n) is 5.99. The molecule has 4 aliphatic heterocycles. The molecule has 0 radical (unpaired) electrons. The number of benzene rings is 1. The van der Waals surface area contributed by atoms with Gasteiger partial charge in [0.1, 0.15) is 5.75 Å². The van der Waals surface area contributed by atoms with Gasteiger partial charge in [0, 0.05) is 29.1 Å². The van der Waals surface area contributed by atoms with Crippen LogP contribution in [0.3, 0.4) is 0 Å². The molecule has 23 heavy (non-hydrogen) atoms. The summed E-state index contributed by atoms with van der Waals surface area (Å²) in [6.07, 6.45) is 3.89. The smallest absolute Gasteiger partial charge is 0.157 e. The first-order valence-electron chi connectivity index (χ1n) is 8.34. The van der Waals surface area contributed by atoms with Gasteiger partial charge in [0.15, 0.2) is 5.78 Å². The number of Topliss-reactive ketones (excluding diaryl/α,β-unsaturated/α-hetero) is 1. The number of hydrogen-bond donors (Lipinski definition) is 1. The number of carbonyl (C=O) groups is 1. The number of carbonyl (C=O) groups excluding carboxylic acids is 1. The predicted molar refractivity (Wildman–Crippen MR) is 88.7 cm³/mol. The van der Waals surface area contributed by atoms with Crippen molar-refractivity contribution >= 4 is 16.7 Å². The summed E-state index contributed by atoms with van der Waals surface area (Å²) in [4.78, 5) is 18.9. The fraction of sp³-hybridized carbons (Fsp3) is 0.421. The average molecular weight is 308 g/mol. The molecule has 4 nitrogen and oxygen atoms in total. The maximum atomic E-state index is 12.8. The van der Waals surface area contributed by atoms with Gasteiger partial charge in [0.2, 0.25) is 0 Å². The normalized spacial score (nSPS) is 33.3. The van der Waals surface area contributed by atoms with Crippen LogP contribution < -0.4 is 4.74 Å². The van der Waals surface area contributed by atoms with Crippen molar-refractivity contribution in [3.8, 4) is 5.75 Å². The molecule has 4 bridgehead atoms. The average Bonchev–Trinajstić information content (AvgIpc) is 2.95. The van der Waals surface area contributed by atoms with Crippen molar-refractivity contribution in [1.29, 1.82) is 0 Å². The highest BCUT2D eigenvalue weighted by Crippen LogP contribution is 2.50. The van der Waals surface area contributed by atoms with Crippen molar-refractivity contribution in [2.75, 3.05) is 13.7 Å². The van der Waals surface area contributed by atoms with Gasteiger partial charge in [-0.05, 0) is 49.1 Å². The number of aromatic nitrogens is 1. The van der Waals surface area contributed by atoms with E-state index in [4.69, 9.17) is 4.74 Å². The van der Waals surface area contributed by atoms with Gasteiger partial charge in [-0.25, -0.2) is 0 Å². The Hall–Kier alpha value is -2.07. The van der Waals surface area contributed by atoms with Crippen molar-refractivity contribution in [2.24, 2.45) is 5.92 Å². The van der Waals surface area contributed by atoms with E-state index in [1.807, 2.05) is 6.07 Å². The standard InChI is InChI=1S/C19H20N2O2/c1-3-10-9-21-16-7-12(10)19(22)17(21)8-14-13-6-11(23-2)4-5-15(13)20-18(14)16/h3-6,12,16-17,20H,7-9H2,1-2H3/b10-3-/t12-,16-,17-/m0/s1. The number of aromatic amines is 1. The van der Waals surface area contributed by atoms with E-state index < -0.39 is 0 Å². The van der Waals surface area contributed by atoms with Crippen molar-refractivity contribution in [3.05, 3.63) is 41.1 Å². The lowest BCUT2D eigenvalue weighted by Crippen LogP contribution is -2.60. The van der Waals surface area contributed by atoms with Crippen molar-refractivity contribution < 1.29 is 9.53 Å². The van der Waals surface area contributed by atoms with Crippen LogP contribution in [0.25, 0.3) is 10.9 Å². The minimum absolute atomic E-state index is 0.0557. The van der Waals surface area contributed by atoms with Gasteiger partial charge >= 0.3 is 0 Å². The first-order chi connectivity index (χ1) is 11.2. The summed E-state index contributed by atoms with van der Waals surface area (Å²) in [6.45, 7) is 3.00. The maximum Gasteiger partial charge on any atom is 0.157 e. The lowest BCUT2D eigenvalue weighted by Gasteiger charge is -2.53. The largest absolute Gasteiger partial charge is 0.497 e. The zero-order chi connectivity index (χ0) is 15.7. The number of hydrogen-bond acceptors (Lipinski definition) is 3. The molecule has 0 spiro atoms. The predicted octanol–water partition coefficient (Wildman–Crippen LogP) is 2.99. The summed E-state index contributed by atoms with van der Waals surface area (Å²) in [5.41, 5.74) is 5.10. The molecule has 0 amide bonds. The lowest BCUT2D eigenvalue weighted by molar-refractivity contribution is -0.137. The van der Waals surface area contributed by atoms with E-state index in [1.165, 1.54) is 22.2 Å². The maximum absolute atomic E-state index is 12.8. The number of H-pyrrole nitrogens is 1. The van der Waals surface area contributed by atoms with Crippen LogP contribution in [0.1, 0.15) is 30.6 Å². The number of piperidine rings is 3. The summed E-state index contributed by atoms with van der Waals surface area (Å²) in [5.74, 6) is 1.43. The van der Waals surface area contributed by atoms with Crippen molar-refractivity contribution in [3.63, 3.8) is 0 Å². The monoisotopic (exact) mass is 308 g/mol. The zero-order valence-electron chi connectivity index (χ0n) is 13.4. The Balaban J connectivity index is 1.68. The second-order valence-electron chi connectivity index (χ2n) is 6.89. The molecule has 2 aromatic rings. The van der Waals surface area contributed by atoms with Gasteiger partial charge in [-0.1, -0.05) is 6.08 Å². The van der Waals surface area contributed by atoms with Crippen LogP contribution in [-0.4, -0.2) is 35.4 Å². The van der Waals surface area contributed by atoms with Gasteiger partial charge in [-0.15, -0.1) is 0 Å². The first-order valence-corrected chi connectivity index (χ1v) is 8.34. The van der Waals surface area contributed by atoms with Crippen LogP contribution in [0.4, 0.5) is 0 Å². The molecule has 5 heterocycles. The Labute approximate surface area is 135 Å². The third-order valence-corrected chi connectivity index (χ3v) is 5.99. The van der Waals surface area contributed by atoms with E-state index in [0.29, 0.717) is 11.8 Å². The van der Waals surface area contributed by atoms with Crippen LogP contribution >= 0.6 is 0 Å². The molecule has 3 saturated heterocycles. The van der Waals surface area contributed by atoms with E-state index in [9.17, 15) is 4.79 Å². The summed E-state index contributed by atoms with van der Waals surface area (Å²) < 4.78 is 5.38. The molecule has 1 aromatic carbocycles. The molecule has 4 aliphatic rings. The molecule has 1 aromatic heterocycles. The Morgan fingerprint density at radius 2 is 2.22 bits per heavy atom. The number of nitrogens with zero attached hydrogens (tertiary/aromatic N) is 1. The Morgan fingerprint density at radius 1 is 1.35 bits per heavy atom. The number of allylic oxidation sites excluding steroid dienone is 1. The minimum Gasteiger partial charge on any atom is -0.497 e. The highest BCUT2D eigenvalue weighted by molar-refractivity contribution is 5.94. The minimum atomic E-state index is 0.0557. The zero-order valence-corrected chi connectivity index (χ0v) is 13.4. The van der Waals surface area contributed by atoms with Crippen molar-refractivity contribution in [2.45, 2.75) is 31.8 Å². The second-order valence-corrected chi connectivity index (χ2v) is 6.89. The third kappa shape index (κ3) is 1.62. The lowest BCUT2D eigenvalue weighted by atomic mass is 9.69. The molecule has 118 valence electrons. The molecule has 1 unspecified atom stereocenters. The summed E-state index contributed by atoms with van der Waals surface area (Å²) in [6, 6.07) is 6.59. The van der Waals surface area contributed by atoms with E-state index in [1.54, 1.807) is 7.11 Å². The van der Waals surface area contributed by atoms with Gasteiger partial charge < -0.3 is 9.72 Å². The quantitative estimate of drug-likeness (QED) is 0.824. The Kier molecular flexibility index (Phi) is 2.61. The van der Waals surface area contributed by atoms with E-state index >= 15 is 0 Å². The molecule has 0 saturated carbocycles. The van der Waals surface area contributed by atoms with Gasteiger partial charge in [0.05, 0.1) is 19.2 Å². The van der Waals surface area contributed by atoms with Crippen LogP contribution in [-0.2, 0) is 11.2 Å². The summed E-state index contributed by atoms with van der Waals surface area (Å²) in [5, 5.41) is 1.21. The van der Waals surface area contributed by atoms with Gasteiger partial charge in [-0.3, -0.25) is 9.69 Å². The molecule has 6 rings (SSSR count). The highest BCUT2D eigenvalue weighted by atomic mass is 16.5. The van der Waals surface area contributed by atoms with E-state index in [-0.39, 0.29) is 12.0 Å². The molecule has 1 N–H and O–H groups in total. The van der Waals surface area contributed by atoms with E-state index in [0.717, 1.165) is 30.7 Å². The molecule has 4 heteroatoms. The number of methoxy groups -OCH3 is 1. The summed E-state index contributed by atoms with van der Waals surface area (Å²) >= 11 is 0. The number of ether oxygens (including phenoxy) is 1. The van der Waals surface area contributed by atoms with Crippen LogP contribution in [0, 0.1) is 5.92 Å². The van der Waals surface area contributed by atoms with Gasteiger partial charge in [-0.2, -0.15) is 0 Å². The molecular weight excluding hydrogens is 288 g/mol. The van der Waals surface area contributed by atoms with E-state index in [2.05, 4.69) is 35.0 Å². The number of fused-ring (bicyclic) bond motifs is 4. The SMILES string of the molecule is C/C=C1/CN2[C@H]3Cc4c([nH]c5ccc(OC)cc45)[C@@H]2C[C@@H]1C3=O. The number of ketones is 1.